The normalized spacial score (nSPS) is 17.7. The molecule has 1 aromatic heterocycles. The smallest absolute Gasteiger partial charge is 0.277 e. The van der Waals surface area contributed by atoms with Crippen LogP contribution in [0.4, 0.5) is 5.69 Å². The number of thioether (sulfide) groups is 2. The summed E-state index contributed by atoms with van der Waals surface area (Å²) >= 11 is 3.00. The molecule has 0 radical (unpaired) electrons. The van der Waals surface area contributed by atoms with Gasteiger partial charge in [0.1, 0.15) is 6.61 Å². The van der Waals surface area contributed by atoms with Crippen molar-refractivity contribution in [1.82, 2.24) is 10.2 Å². The van der Waals surface area contributed by atoms with Crippen molar-refractivity contribution in [2.45, 2.75) is 16.2 Å². The number of ether oxygens (including phenoxy) is 2. The van der Waals surface area contributed by atoms with Gasteiger partial charge in [0.05, 0.1) is 11.4 Å². The molecule has 0 bridgehead atoms. The second kappa shape index (κ2) is 8.00. The maximum atomic E-state index is 12.7. The molecule has 3 heterocycles. The second-order valence-electron chi connectivity index (χ2n) is 6.42. The largest absolute Gasteiger partial charge is 0.485 e. The molecule has 148 valence electrons. The van der Waals surface area contributed by atoms with Gasteiger partial charge in [0.2, 0.25) is 12.0 Å². The molecule has 0 aliphatic carbocycles. The molecule has 2 aliphatic heterocycles. The Balaban J connectivity index is 1.22. The lowest BCUT2D eigenvalue weighted by Gasteiger charge is -2.28. The Morgan fingerprint density at radius 1 is 1.14 bits per heavy atom. The lowest BCUT2D eigenvalue weighted by atomic mass is 10.2. The number of hydrogen-bond donors (Lipinski definition) is 0. The third-order valence-corrected chi connectivity index (χ3v) is 6.40. The van der Waals surface area contributed by atoms with Crippen LogP contribution in [0.2, 0.25) is 0 Å². The first-order valence-electron chi connectivity index (χ1n) is 9.15. The molecule has 0 saturated heterocycles. The van der Waals surface area contributed by atoms with Crippen LogP contribution in [-0.2, 0) is 4.79 Å². The number of nitrogens with zero attached hydrogens (tertiary/aromatic N) is 3. The molecule has 29 heavy (non-hydrogen) atoms. The minimum atomic E-state index is -0.464. The van der Waals surface area contributed by atoms with Crippen LogP contribution in [0.1, 0.15) is 12.0 Å². The molecule has 0 spiro atoms. The highest BCUT2D eigenvalue weighted by atomic mass is 32.2. The highest BCUT2D eigenvalue weighted by Gasteiger charge is 2.28. The van der Waals surface area contributed by atoms with Gasteiger partial charge in [-0.25, -0.2) is 0 Å². The Morgan fingerprint density at radius 3 is 2.90 bits per heavy atom. The van der Waals surface area contributed by atoms with Crippen LogP contribution >= 0.6 is 23.5 Å². The number of carbonyl (C=O) groups is 1. The summed E-state index contributed by atoms with van der Waals surface area (Å²) in [4.78, 5) is 15.7. The van der Waals surface area contributed by atoms with E-state index in [-0.39, 0.29) is 11.7 Å². The van der Waals surface area contributed by atoms with Crippen molar-refractivity contribution >= 4 is 35.1 Å². The second-order valence-corrected chi connectivity index (χ2v) is 8.48. The van der Waals surface area contributed by atoms with E-state index in [4.69, 9.17) is 13.9 Å². The maximum absolute atomic E-state index is 12.7. The van der Waals surface area contributed by atoms with Gasteiger partial charge in [-0.2, -0.15) is 0 Å². The van der Waals surface area contributed by atoms with Crippen LogP contribution in [0.25, 0.3) is 0 Å². The number of benzene rings is 2. The summed E-state index contributed by atoms with van der Waals surface area (Å²) in [5.74, 6) is 2.82. The zero-order chi connectivity index (χ0) is 19.6. The minimum absolute atomic E-state index is 0.0219. The molecule has 1 atom stereocenters. The van der Waals surface area contributed by atoms with Crippen molar-refractivity contribution in [1.29, 1.82) is 0 Å². The predicted octanol–water partition coefficient (Wildman–Crippen LogP) is 3.81. The maximum Gasteiger partial charge on any atom is 0.277 e. The summed E-state index contributed by atoms with van der Waals surface area (Å²) in [6.45, 7) is 0.993. The number of anilines is 1. The average molecular weight is 428 g/mol. The van der Waals surface area contributed by atoms with Gasteiger partial charge < -0.3 is 18.8 Å². The molecule has 0 saturated carbocycles. The van der Waals surface area contributed by atoms with Gasteiger partial charge in [0, 0.05) is 17.2 Å². The van der Waals surface area contributed by atoms with Crippen LogP contribution in [0.5, 0.6) is 11.5 Å². The van der Waals surface area contributed by atoms with Gasteiger partial charge in [-0.15, -0.1) is 22.0 Å². The number of fused-ring (bicyclic) bond motifs is 2. The molecular formula is C20H17N3O4S2. The van der Waals surface area contributed by atoms with E-state index in [9.17, 15) is 4.79 Å². The van der Waals surface area contributed by atoms with Gasteiger partial charge in [-0.05, 0) is 24.3 Å². The van der Waals surface area contributed by atoms with E-state index in [0.717, 1.165) is 16.3 Å². The molecule has 0 unspecified atom stereocenters. The van der Waals surface area contributed by atoms with E-state index < -0.39 is 6.10 Å². The number of aromatic nitrogens is 2. The van der Waals surface area contributed by atoms with E-state index >= 15 is 0 Å². The summed E-state index contributed by atoms with van der Waals surface area (Å²) < 4.78 is 17.3. The Labute approximate surface area is 175 Å². The Kier molecular flexibility index (Phi) is 5.07. The zero-order valence-electron chi connectivity index (χ0n) is 15.3. The van der Waals surface area contributed by atoms with Crippen LogP contribution in [0.15, 0.2) is 63.1 Å². The van der Waals surface area contributed by atoms with E-state index in [1.54, 1.807) is 11.8 Å². The third kappa shape index (κ3) is 3.79. The van der Waals surface area contributed by atoms with E-state index in [1.807, 2.05) is 53.4 Å². The monoisotopic (exact) mass is 427 g/mol. The van der Waals surface area contributed by atoms with Gasteiger partial charge >= 0.3 is 0 Å². The Morgan fingerprint density at radius 2 is 1.97 bits per heavy atom. The molecule has 9 heteroatoms. The van der Waals surface area contributed by atoms with Gasteiger partial charge in [-0.3, -0.25) is 4.79 Å². The van der Waals surface area contributed by atoms with Crippen molar-refractivity contribution < 1.29 is 18.7 Å². The quantitative estimate of drug-likeness (QED) is 0.582. The van der Waals surface area contributed by atoms with Crippen LogP contribution in [0, 0.1) is 0 Å². The molecule has 0 N–H and O–H groups in total. The molecule has 0 fully saturated rings. The highest BCUT2D eigenvalue weighted by molar-refractivity contribution is 8.00. The molecule has 5 rings (SSSR count). The molecule has 3 aromatic rings. The average Bonchev–Trinajstić information content (AvgIpc) is 3.26. The summed E-state index contributed by atoms with van der Waals surface area (Å²) in [6.07, 6.45) is -0.464. The van der Waals surface area contributed by atoms with E-state index in [0.29, 0.717) is 35.8 Å². The van der Waals surface area contributed by atoms with Gasteiger partial charge in [-0.1, -0.05) is 36.0 Å². The van der Waals surface area contributed by atoms with Crippen LogP contribution in [-0.4, -0.2) is 40.8 Å². The van der Waals surface area contributed by atoms with Crippen molar-refractivity contribution in [2.24, 2.45) is 0 Å². The molecule has 2 aromatic carbocycles. The lowest BCUT2D eigenvalue weighted by molar-refractivity contribution is -0.116. The topological polar surface area (TPSA) is 77.7 Å². The lowest BCUT2D eigenvalue weighted by Crippen LogP contribution is -2.36. The minimum Gasteiger partial charge on any atom is -0.485 e. The van der Waals surface area contributed by atoms with Crippen molar-refractivity contribution in [3.8, 4) is 11.5 Å². The Bertz CT molecular complexity index is 1040. The van der Waals surface area contributed by atoms with E-state index in [1.165, 1.54) is 11.8 Å². The summed E-state index contributed by atoms with van der Waals surface area (Å²) in [6, 6.07) is 15.4. The predicted molar refractivity (Wildman–Crippen MR) is 110 cm³/mol. The van der Waals surface area contributed by atoms with Crippen molar-refractivity contribution in [3.63, 3.8) is 0 Å². The standard InChI is InChI=1S/C20H17N3O4S2/c24-18(23-9-10-28-17-8-4-1-5-13(17)23)12-29-20-22-21-19(27-20)16-11-25-14-6-2-3-7-15(14)26-16/h1-8,16H,9-12H2/t16-/m0/s1. The molecule has 7 nitrogen and oxygen atoms in total. The summed E-state index contributed by atoms with van der Waals surface area (Å²) in [5, 5.41) is 8.46. The number of hydrogen-bond acceptors (Lipinski definition) is 8. The summed E-state index contributed by atoms with van der Waals surface area (Å²) in [7, 11) is 0. The zero-order valence-corrected chi connectivity index (χ0v) is 16.9. The molecule has 1 amide bonds. The highest BCUT2D eigenvalue weighted by Crippen LogP contribution is 2.37. The van der Waals surface area contributed by atoms with E-state index in [2.05, 4.69) is 10.2 Å². The molecular weight excluding hydrogens is 410 g/mol. The molecule has 2 aliphatic rings. The Hall–Kier alpha value is -2.65. The SMILES string of the molecule is O=C(CSc1nnc([C@@H]2COc3ccccc3O2)o1)N1CCSc2ccccc21. The van der Waals surface area contributed by atoms with Crippen molar-refractivity contribution in [2.75, 3.05) is 29.6 Å². The number of carbonyl (C=O) groups excluding carboxylic acids is 1. The first-order chi connectivity index (χ1) is 14.3. The van der Waals surface area contributed by atoms with Gasteiger partial charge in [0.25, 0.3) is 11.1 Å². The number of amides is 1. The fraction of sp³-hybridized carbons (Fsp3) is 0.250. The fourth-order valence-corrected chi connectivity index (χ4v) is 4.82. The van der Waals surface area contributed by atoms with Crippen LogP contribution in [0.3, 0.4) is 0 Å². The number of para-hydroxylation sites is 3. The third-order valence-electron chi connectivity index (χ3n) is 4.55. The van der Waals surface area contributed by atoms with Crippen LogP contribution < -0.4 is 14.4 Å². The first kappa shape index (κ1) is 18.4. The van der Waals surface area contributed by atoms with Gasteiger partial charge in [0.15, 0.2) is 11.5 Å². The first-order valence-corrected chi connectivity index (χ1v) is 11.1. The fourth-order valence-electron chi connectivity index (χ4n) is 3.18. The summed E-state index contributed by atoms with van der Waals surface area (Å²) in [5.41, 5.74) is 0.965. The number of rotatable bonds is 4. The van der Waals surface area contributed by atoms with Crippen molar-refractivity contribution in [3.05, 3.63) is 54.4 Å².